The Labute approximate surface area is 254 Å². The topological polar surface area (TPSA) is 136 Å². The first-order valence-electron chi connectivity index (χ1n) is 14.3. The van der Waals surface area contributed by atoms with E-state index in [1.165, 1.54) is 10.4 Å². The first-order chi connectivity index (χ1) is 21.2. The number of nitrogens with two attached hydrogens (primary N) is 1. The number of nitrogen functional groups attached to an aromatic ring is 1. The van der Waals surface area contributed by atoms with E-state index in [2.05, 4.69) is 38.6 Å². The first-order valence-corrected chi connectivity index (χ1v) is 15.8. The van der Waals surface area contributed by atoms with Crippen molar-refractivity contribution in [2.75, 3.05) is 31.9 Å². The molecule has 44 heavy (non-hydrogen) atoms. The van der Waals surface area contributed by atoms with Crippen LogP contribution in [0.1, 0.15) is 18.4 Å². The minimum Gasteiger partial charge on any atom is -0.383 e. The molecular weight excluding hydrogens is 581 g/mol. The van der Waals surface area contributed by atoms with Gasteiger partial charge in [-0.1, -0.05) is 18.7 Å². The molecule has 1 aromatic carbocycles. The lowest BCUT2D eigenvalue weighted by Gasteiger charge is -2.53. The fraction of sp³-hybridized carbons (Fsp3) is 0.258. The number of hydrogen-bond donors (Lipinski definition) is 1. The van der Waals surface area contributed by atoms with Gasteiger partial charge in [-0.05, 0) is 60.2 Å². The van der Waals surface area contributed by atoms with Gasteiger partial charge < -0.3 is 5.73 Å². The van der Waals surface area contributed by atoms with Crippen LogP contribution in [-0.4, -0.2) is 73.3 Å². The summed E-state index contributed by atoms with van der Waals surface area (Å²) in [7, 11) is -3.35. The number of rotatable bonds is 7. The van der Waals surface area contributed by atoms with Crippen molar-refractivity contribution in [2.45, 2.75) is 19.4 Å². The predicted octanol–water partition coefficient (Wildman–Crippen LogP) is 4.03. The summed E-state index contributed by atoms with van der Waals surface area (Å²) in [6, 6.07) is 14.8. The number of likely N-dealkylation sites (tertiary alicyclic amines) is 1. The van der Waals surface area contributed by atoms with E-state index in [1.807, 2.05) is 22.8 Å². The Balaban J connectivity index is 1.15. The number of anilines is 1. The van der Waals surface area contributed by atoms with Crippen molar-refractivity contribution in [2.24, 2.45) is 5.41 Å². The molecule has 0 saturated carbocycles. The van der Waals surface area contributed by atoms with E-state index in [0.29, 0.717) is 53.0 Å². The molecule has 0 aliphatic carbocycles. The number of piperidine rings is 1. The number of halogens is 1. The average Bonchev–Trinajstić information content (AvgIpc) is 3.40. The van der Waals surface area contributed by atoms with Gasteiger partial charge in [-0.2, -0.15) is 4.31 Å². The van der Waals surface area contributed by atoms with Gasteiger partial charge in [-0.15, -0.1) is 0 Å². The lowest BCUT2D eigenvalue weighted by Crippen LogP contribution is -2.60. The summed E-state index contributed by atoms with van der Waals surface area (Å²) in [5.74, 6) is 0.456. The fourth-order valence-electron chi connectivity index (χ4n) is 6.19. The van der Waals surface area contributed by atoms with Crippen LogP contribution in [0.3, 0.4) is 0 Å². The predicted molar refractivity (Wildman–Crippen MR) is 165 cm³/mol. The van der Waals surface area contributed by atoms with E-state index in [9.17, 15) is 12.8 Å². The molecule has 7 rings (SSSR count). The van der Waals surface area contributed by atoms with Crippen molar-refractivity contribution in [1.82, 2.24) is 38.7 Å². The van der Waals surface area contributed by atoms with Gasteiger partial charge in [0, 0.05) is 50.0 Å². The fourth-order valence-corrected chi connectivity index (χ4v) is 7.10. The van der Waals surface area contributed by atoms with E-state index in [-0.39, 0.29) is 5.41 Å². The third kappa shape index (κ3) is 5.12. The van der Waals surface area contributed by atoms with E-state index in [4.69, 9.17) is 15.7 Å². The summed E-state index contributed by atoms with van der Waals surface area (Å²) in [4.78, 5) is 25.0. The Bertz CT molecular complexity index is 1960. The van der Waals surface area contributed by atoms with Gasteiger partial charge >= 0.3 is 0 Å². The van der Waals surface area contributed by atoms with Crippen molar-refractivity contribution in [3.8, 4) is 28.5 Å². The first kappa shape index (κ1) is 28.2. The number of aromatic nitrogens is 6. The van der Waals surface area contributed by atoms with Crippen LogP contribution >= 0.6 is 0 Å². The van der Waals surface area contributed by atoms with E-state index < -0.39 is 15.8 Å². The van der Waals surface area contributed by atoms with Crippen LogP contribution in [0.5, 0.6) is 0 Å². The third-order valence-electron chi connectivity index (χ3n) is 8.51. The third-order valence-corrected chi connectivity index (χ3v) is 10.0. The highest BCUT2D eigenvalue weighted by Crippen LogP contribution is 2.41. The van der Waals surface area contributed by atoms with Crippen LogP contribution in [-0.2, 0) is 16.6 Å². The maximum Gasteiger partial charge on any atom is 0.235 e. The standard InChI is InChI=1S/C31H30FN9O2S/c1-2-44(42,43)40-14-11-31(12-15-40)19-39(20-31)18-21-5-8-23(9-6-21)41-29(24-4-3-13-34-27(24)33)38-28-30(41)37-26(17-36-28)25-10-7-22(32)16-35-25/h2-10,13,16-17H,1,11-12,14-15,18-20H2,(H2,33,34). The molecule has 5 aromatic rings. The van der Waals surface area contributed by atoms with E-state index >= 15 is 0 Å². The zero-order valence-electron chi connectivity index (χ0n) is 23.8. The highest BCUT2D eigenvalue weighted by atomic mass is 32.2. The van der Waals surface area contributed by atoms with Gasteiger partial charge in [0.2, 0.25) is 10.0 Å². The summed E-state index contributed by atoms with van der Waals surface area (Å²) < 4.78 is 41.2. The molecule has 4 aromatic heterocycles. The Hall–Kier alpha value is -4.59. The van der Waals surface area contributed by atoms with Crippen molar-refractivity contribution in [3.05, 3.63) is 90.5 Å². The second-order valence-electron chi connectivity index (χ2n) is 11.4. The SMILES string of the molecule is C=CS(=O)(=O)N1CCC2(CC1)CN(Cc1ccc(-n3c(-c4cccnc4N)nc4ncc(-c5ccc(F)cn5)nc43)cc1)C2. The van der Waals surface area contributed by atoms with Crippen LogP contribution in [0.4, 0.5) is 10.2 Å². The van der Waals surface area contributed by atoms with E-state index in [0.717, 1.165) is 55.3 Å². The van der Waals surface area contributed by atoms with E-state index in [1.54, 1.807) is 24.5 Å². The summed E-state index contributed by atoms with van der Waals surface area (Å²) in [6.07, 6.45) is 6.07. The summed E-state index contributed by atoms with van der Waals surface area (Å²) in [5, 5.41) is 1.04. The molecule has 11 nitrogen and oxygen atoms in total. The molecule has 0 radical (unpaired) electrons. The van der Waals surface area contributed by atoms with Gasteiger partial charge in [0.1, 0.15) is 17.3 Å². The number of imidazole rings is 1. The molecule has 224 valence electrons. The largest absolute Gasteiger partial charge is 0.383 e. The minimum atomic E-state index is -3.35. The van der Waals surface area contributed by atoms with Crippen molar-refractivity contribution in [1.29, 1.82) is 0 Å². The average molecular weight is 612 g/mol. The normalized spacial score (nSPS) is 17.1. The zero-order chi connectivity index (χ0) is 30.5. The van der Waals surface area contributed by atoms with Crippen LogP contribution < -0.4 is 5.73 Å². The monoisotopic (exact) mass is 611 g/mol. The van der Waals surface area contributed by atoms with Crippen LogP contribution in [0.2, 0.25) is 0 Å². The van der Waals surface area contributed by atoms with Gasteiger partial charge in [-0.3, -0.25) is 14.5 Å². The smallest absolute Gasteiger partial charge is 0.235 e. The zero-order valence-corrected chi connectivity index (χ0v) is 24.7. The van der Waals surface area contributed by atoms with Crippen molar-refractivity contribution in [3.63, 3.8) is 0 Å². The van der Waals surface area contributed by atoms with Crippen LogP contribution in [0, 0.1) is 11.2 Å². The molecule has 2 aliphatic rings. The minimum absolute atomic E-state index is 0.178. The highest BCUT2D eigenvalue weighted by molar-refractivity contribution is 7.92. The summed E-state index contributed by atoms with van der Waals surface area (Å²) in [6.45, 7) is 7.22. The number of fused-ring (bicyclic) bond motifs is 1. The van der Waals surface area contributed by atoms with Gasteiger partial charge in [-0.25, -0.2) is 32.7 Å². The molecule has 0 amide bonds. The van der Waals surface area contributed by atoms with Crippen LogP contribution in [0.25, 0.3) is 39.8 Å². The molecule has 0 unspecified atom stereocenters. The lowest BCUT2D eigenvalue weighted by molar-refractivity contribution is -0.0392. The number of benzene rings is 1. The number of nitrogens with zero attached hydrogens (tertiary/aromatic N) is 8. The molecule has 6 heterocycles. The van der Waals surface area contributed by atoms with Crippen molar-refractivity contribution < 1.29 is 12.8 Å². The number of sulfonamides is 1. The molecule has 13 heteroatoms. The Morgan fingerprint density at radius 1 is 0.955 bits per heavy atom. The molecule has 2 aliphatic heterocycles. The molecular formula is C31H30FN9O2S. The Morgan fingerprint density at radius 2 is 1.73 bits per heavy atom. The maximum absolute atomic E-state index is 13.5. The lowest BCUT2D eigenvalue weighted by atomic mass is 9.72. The van der Waals surface area contributed by atoms with Gasteiger partial charge in [0.15, 0.2) is 17.1 Å². The van der Waals surface area contributed by atoms with Gasteiger partial charge in [0.25, 0.3) is 0 Å². The van der Waals surface area contributed by atoms with Crippen LogP contribution in [0.15, 0.2) is 79.1 Å². The molecule has 2 saturated heterocycles. The second-order valence-corrected chi connectivity index (χ2v) is 13.3. The summed E-state index contributed by atoms with van der Waals surface area (Å²) >= 11 is 0. The molecule has 1 spiro atoms. The quantitative estimate of drug-likeness (QED) is 0.289. The Morgan fingerprint density at radius 3 is 2.41 bits per heavy atom. The molecule has 0 bridgehead atoms. The van der Waals surface area contributed by atoms with Crippen molar-refractivity contribution >= 4 is 27.1 Å². The molecule has 0 atom stereocenters. The molecule has 2 fully saturated rings. The summed E-state index contributed by atoms with van der Waals surface area (Å²) in [5.41, 5.74) is 11.0. The maximum atomic E-state index is 13.5. The van der Waals surface area contributed by atoms with Gasteiger partial charge in [0.05, 0.1) is 23.7 Å². The number of pyridine rings is 2. The highest BCUT2D eigenvalue weighted by Gasteiger charge is 2.45. The number of hydrogen-bond acceptors (Lipinski definition) is 9. The second kappa shape index (κ2) is 10.8. The Kier molecular flexibility index (Phi) is 6.95. The molecule has 2 N–H and O–H groups in total.